The van der Waals surface area contributed by atoms with Crippen LogP contribution in [0.4, 0.5) is 5.13 Å². The zero-order chi connectivity index (χ0) is 22.9. The predicted octanol–water partition coefficient (Wildman–Crippen LogP) is 7.31. The zero-order valence-electron chi connectivity index (χ0n) is 18.5. The molecule has 1 heterocycles. The Morgan fingerprint density at radius 3 is 2.42 bits per heavy atom. The van der Waals surface area contributed by atoms with Crippen molar-refractivity contribution in [3.05, 3.63) is 95.9 Å². The Bertz CT molecular complexity index is 1210. The molecule has 0 bridgehead atoms. The first kappa shape index (κ1) is 22.5. The van der Waals surface area contributed by atoms with Gasteiger partial charge in [-0.05, 0) is 29.7 Å². The van der Waals surface area contributed by atoms with Crippen LogP contribution < -0.4 is 10.1 Å². The molecule has 5 heteroatoms. The van der Waals surface area contributed by atoms with Crippen LogP contribution in [0.3, 0.4) is 0 Å². The fourth-order valence-electron chi connectivity index (χ4n) is 3.32. The minimum atomic E-state index is -0.223. The van der Waals surface area contributed by atoms with E-state index in [0.29, 0.717) is 11.7 Å². The maximum Gasteiger partial charge on any atom is 0.250 e. The molecule has 0 unspecified atom stereocenters. The molecule has 4 nitrogen and oxygen atoms in total. The van der Waals surface area contributed by atoms with E-state index < -0.39 is 0 Å². The van der Waals surface area contributed by atoms with Crippen molar-refractivity contribution in [1.82, 2.24) is 4.98 Å². The Balaban J connectivity index is 1.38. The van der Waals surface area contributed by atoms with Crippen molar-refractivity contribution >= 4 is 28.5 Å². The molecule has 0 spiro atoms. The molecule has 4 rings (SSSR count). The number of aromatic nitrogens is 1. The monoisotopic (exact) mass is 454 g/mol. The lowest BCUT2D eigenvalue weighted by molar-refractivity contribution is -0.111. The minimum Gasteiger partial charge on any atom is -0.493 e. The van der Waals surface area contributed by atoms with Crippen LogP contribution in [0.15, 0.2) is 90.3 Å². The van der Waals surface area contributed by atoms with Gasteiger partial charge in [0.2, 0.25) is 5.91 Å². The summed E-state index contributed by atoms with van der Waals surface area (Å²) in [7, 11) is 0. The molecular weight excluding hydrogens is 428 g/mol. The van der Waals surface area contributed by atoms with E-state index in [1.165, 1.54) is 23.0 Å². The molecule has 4 aromatic rings. The van der Waals surface area contributed by atoms with Crippen molar-refractivity contribution in [2.24, 2.45) is 0 Å². The molecule has 1 amide bonds. The Labute approximate surface area is 198 Å². The normalized spacial score (nSPS) is 10.9. The number of carbonyl (C=O) groups excluding carboxylic acids is 1. The van der Waals surface area contributed by atoms with Crippen molar-refractivity contribution in [3.63, 3.8) is 0 Å². The van der Waals surface area contributed by atoms with Gasteiger partial charge in [-0.15, -0.1) is 11.3 Å². The van der Waals surface area contributed by atoms with E-state index in [9.17, 15) is 4.79 Å². The summed E-state index contributed by atoms with van der Waals surface area (Å²) in [6, 6.07) is 26.3. The summed E-state index contributed by atoms with van der Waals surface area (Å²) in [6.45, 7) is 2.80. The molecule has 33 heavy (non-hydrogen) atoms. The lowest BCUT2D eigenvalue weighted by atomic mass is 10.0. The van der Waals surface area contributed by atoms with Crippen LogP contribution in [-0.4, -0.2) is 17.5 Å². The number of hydrogen-bond donors (Lipinski definition) is 1. The number of para-hydroxylation sites is 1. The number of ether oxygens (including phenoxy) is 1. The molecule has 166 valence electrons. The molecule has 0 aliphatic heterocycles. The number of amides is 1. The van der Waals surface area contributed by atoms with Crippen molar-refractivity contribution in [2.45, 2.75) is 19.8 Å². The number of thiazole rings is 1. The summed E-state index contributed by atoms with van der Waals surface area (Å²) in [5.74, 6) is 0.559. The predicted molar refractivity (Wildman–Crippen MR) is 137 cm³/mol. The molecular formula is C28H26N2O2S. The fraction of sp³-hybridized carbons (Fsp3) is 0.143. The number of nitrogens with one attached hydrogen (secondary N) is 1. The highest BCUT2D eigenvalue weighted by atomic mass is 32.1. The molecule has 0 radical (unpaired) electrons. The summed E-state index contributed by atoms with van der Waals surface area (Å²) >= 11 is 1.41. The van der Waals surface area contributed by atoms with Crippen molar-refractivity contribution in [1.29, 1.82) is 0 Å². The number of rotatable bonds is 9. The van der Waals surface area contributed by atoms with E-state index in [4.69, 9.17) is 4.74 Å². The smallest absolute Gasteiger partial charge is 0.250 e. The second-order valence-electron chi connectivity index (χ2n) is 7.54. The van der Waals surface area contributed by atoms with Gasteiger partial charge in [0.25, 0.3) is 0 Å². The first-order valence-electron chi connectivity index (χ1n) is 11.0. The third kappa shape index (κ3) is 6.18. The number of hydrogen-bond acceptors (Lipinski definition) is 4. The number of anilines is 1. The summed E-state index contributed by atoms with van der Waals surface area (Å²) in [5, 5.41) is 5.37. The fourth-order valence-corrected chi connectivity index (χ4v) is 4.04. The first-order valence-corrected chi connectivity index (χ1v) is 11.9. The Morgan fingerprint density at radius 1 is 0.939 bits per heavy atom. The van der Waals surface area contributed by atoms with Crippen LogP contribution >= 0.6 is 11.3 Å². The van der Waals surface area contributed by atoms with Gasteiger partial charge in [-0.3, -0.25) is 10.1 Å². The van der Waals surface area contributed by atoms with Gasteiger partial charge >= 0.3 is 0 Å². The van der Waals surface area contributed by atoms with E-state index in [-0.39, 0.29) is 5.91 Å². The van der Waals surface area contributed by atoms with Gasteiger partial charge in [-0.2, -0.15) is 0 Å². The summed E-state index contributed by atoms with van der Waals surface area (Å²) in [5.41, 5.74) is 5.07. The van der Waals surface area contributed by atoms with Crippen molar-refractivity contribution in [3.8, 4) is 28.1 Å². The molecule has 1 N–H and O–H groups in total. The average molecular weight is 455 g/mol. The number of benzene rings is 3. The van der Waals surface area contributed by atoms with Crippen molar-refractivity contribution in [2.75, 3.05) is 11.9 Å². The zero-order valence-corrected chi connectivity index (χ0v) is 19.3. The maximum absolute atomic E-state index is 12.4. The van der Waals surface area contributed by atoms with Gasteiger partial charge in [0, 0.05) is 22.6 Å². The molecule has 0 fully saturated rings. The largest absolute Gasteiger partial charge is 0.493 e. The van der Waals surface area contributed by atoms with E-state index in [0.717, 1.165) is 41.0 Å². The Kier molecular flexibility index (Phi) is 7.67. The van der Waals surface area contributed by atoms with Gasteiger partial charge in [-0.1, -0.05) is 86.1 Å². The third-order valence-electron chi connectivity index (χ3n) is 5.11. The SMILES string of the molecule is CCCCOc1ccccc1/C=C/C(=O)Nc1nc(-c2ccc(-c3ccccc3)cc2)cs1. The van der Waals surface area contributed by atoms with Gasteiger partial charge in [0.15, 0.2) is 5.13 Å². The quantitative estimate of drug-likeness (QED) is 0.213. The second-order valence-corrected chi connectivity index (χ2v) is 8.40. The van der Waals surface area contributed by atoms with Crippen molar-refractivity contribution < 1.29 is 9.53 Å². The van der Waals surface area contributed by atoms with Gasteiger partial charge in [0.1, 0.15) is 5.75 Å². The van der Waals surface area contributed by atoms with Crippen LogP contribution in [0.2, 0.25) is 0 Å². The van der Waals surface area contributed by atoms with Crippen LogP contribution in [-0.2, 0) is 4.79 Å². The molecule has 0 aliphatic rings. The highest BCUT2D eigenvalue weighted by Crippen LogP contribution is 2.28. The van der Waals surface area contributed by atoms with Crippen LogP contribution in [0, 0.1) is 0 Å². The molecule has 0 atom stereocenters. The number of unbranched alkanes of at least 4 members (excludes halogenated alkanes) is 1. The second kappa shape index (κ2) is 11.2. The summed E-state index contributed by atoms with van der Waals surface area (Å²) < 4.78 is 5.82. The summed E-state index contributed by atoms with van der Waals surface area (Å²) in [4.78, 5) is 17.0. The molecule has 0 aliphatic carbocycles. The molecule has 0 saturated carbocycles. The van der Waals surface area contributed by atoms with Gasteiger partial charge in [0.05, 0.1) is 12.3 Å². The standard InChI is InChI=1S/C28H26N2O2S/c1-2-3-19-32-26-12-8-7-11-24(26)17-18-27(31)30-28-29-25(20-33-28)23-15-13-22(14-16-23)21-9-5-4-6-10-21/h4-18,20H,2-3,19H2,1H3,(H,29,30,31)/b18-17+. The average Bonchev–Trinajstić information content (AvgIpc) is 3.32. The van der Waals surface area contributed by atoms with E-state index in [1.807, 2.05) is 47.8 Å². The topological polar surface area (TPSA) is 51.2 Å². The van der Waals surface area contributed by atoms with Gasteiger partial charge in [-0.25, -0.2) is 4.98 Å². The lowest BCUT2D eigenvalue weighted by Crippen LogP contribution is -2.07. The van der Waals surface area contributed by atoms with Crippen LogP contribution in [0.1, 0.15) is 25.3 Å². The molecule has 0 saturated heterocycles. The van der Waals surface area contributed by atoms with Crippen LogP contribution in [0.5, 0.6) is 5.75 Å². The van der Waals surface area contributed by atoms with E-state index in [1.54, 1.807) is 6.08 Å². The Hall–Kier alpha value is -3.70. The Morgan fingerprint density at radius 2 is 1.64 bits per heavy atom. The third-order valence-corrected chi connectivity index (χ3v) is 5.87. The van der Waals surface area contributed by atoms with Crippen LogP contribution in [0.25, 0.3) is 28.5 Å². The minimum absolute atomic E-state index is 0.223. The number of carbonyl (C=O) groups is 1. The van der Waals surface area contributed by atoms with E-state index >= 15 is 0 Å². The maximum atomic E-state index is 12.4. The first-order chi connectivity index (χ1) is 16.2. The number of nitrogens with zero attached hydrogens (tertiary/aromatic N) is 1. The highest BCUT2D eigenvalue weighted by molar-refractivity contribution is 7.14. The molecule has 1 aromatic heterocycles. The van der Waals surface area contributed by atoms with E-state index in [2.05, 4.69) is 53.6 Å². The van der Waals surface area contributed by atoms with Gasteiger partial charge < -0.3 is 4.74 Å². The lowest BCUT2D eigenvalue weighted by Gasteiger charge is -2.08. The molecule has 3 aromatic carbocycles. The highest BCUT2D eigenvalue weighted by Gasteiger charge is 2.08. The summed E-state index contributed by atoms with van der Waals surface area (Å²) in [6.07, 6.45) is 5.36.